The predicted molar refractivity (Wildman–Crippen MR) is 70.4 cm³/mol. The van der Waals surface area contributed by atoms with Crippen LogP contribution in [0.1, 0.15) is 39.5 Å². The number of aliphatic carboxylic acids is 1. The van der Waals surface area contributed by atoms with Gasteiger partial charge >= 0.3 is 5.97 Å². The molecule has 19 heavy (non-hydrogen) atoms. The Morgan fingerprint density at radius 2 is 2.11 bits per heavy atom. The minimum atomic E-state index is -1.28. The Hall–Kier alpha value is -2.04. The van der Waals surface area contributed by atoms with Crippen LogP contribution in [0, 0.1) is 0 Å². The van der Waals surface area contributed by atoms with Crippen molar-refractivity contribution < 1.29 is 19.1 Å². The quantitative estimate of drug-likeness (QED) is 0.917. The molecule has 2 rings (SSSR count). The Bertz CT molecular complexity index is 613. The van der Waals surface area contributed by atoms with E-state index in [1.165, 1.54) is 13.8 Å². The number of rotatable bonds is 4. The molecule has 0 spiro atoms. The van der Waals surface area contributed by atoms with Crippen LogP contribution in [0.15, 0.2) is 22.6 Å². The van der Waals surface area contributed by atoms with Crippen molar-refractivity contribution in [1.82, 2.24) is 4.98 Å². The zero-order valence-corrected chi connectivity index (χ0v) is 11.4. The van der Waals surface area contributed by atoms with Gasteiger partial charge in [0.1, 0.15) is 11.3 Å². The van der Waals surface area contributed by atoms with Gasteiger partial charge in [-0.25, -0.2) is 9.78 Å². The van der Waals surface area contributed by atoms with Gasteiger partial charge in [0, 0.05) is 12.0 Å². The molecule has 1 aromatic heterocycles. The molecule has 0 saturated heterocycles. The van der Waals surface area contributed by atoms with Crippen LogP contribution in [0.2, 0.25) is 0 Å². The summed E-state index contributed by atoms with van der Waals surface area (Å²) >= 11 is 0. The molecule has 0 bridgehead atoms. The molecular weight excluding hydrogens is 246 g/mol. The predicted octanol–water partition coefficient (Wildman–Crippen LogP) is 3.19. The Morgan fingerprint density at radius 3 is 2.68 bits per heavy atom. The Labute approximate surface area is 111 Å². The molecule has 2 aromatic rings. The summed E-state index contributed by atoms with van der Waals surface area (Å²) in [4.78, 5) is 15.4. The average Bonchev–Trinajstić information content (AvgIpc) is 2.71. The first-order chi connectivity index (χ1) is 8.79. The first kappa shape index (κ1) is 13.4. The summed E-state index contributed by atoms with van der Waals surface area (Å²) in [5.74, 6) is 0.302. The van der Waals surface area contributed by atoms with Gasteiger partial charge in [-0.1, -0.05) is 13.8 Å². The highest BCUT2D eigenvalue weighted by molar-refractivity contribution is 5.78. The van der Waals surface area contributed by atoms with E-state index in [0.717, 1.165) is 0 Å². The number of ether oxygens (including phenoxy) is 1. The number of benzene rings is 1. The molecule has 0 aliphatic heterocycles. The van der Waals surface area contributed by atoms with Crippen LogP contribution >= 0.6 is 0 Å². The molecule has 0 atom stereocenters. The van der Waals surface area contributed by atoms with Gasteiger partial charge in [0.05, 0.1) is 0 Å². The number of hydrogen-bond acceptors (Lipinski definition) is 4. The first-order valence-corrected chi connectivity index (χ1v) is 6.12. The van der Waals surface area contributed by atoms with Crippen LogP contribution < -0.4 is 4.74 Å². The third kappa shape index (κ3) is 2.70. The van der Waals surface area contributed by atoms with Crippen molar-refractivity contribution in [2.24, 2.45) is 0 Å². The van der Waals surface area contributed by atoms with Crippen LogP contribution in [0.3, 0.4) is 0 Å². The SMILES string of the molecule is CC(C)c1nc2cc(OC(C)(C)C(=O)O)ccc2o1. The molecule has 102 valence electrons. The highest BCUT2D eigenvalue weighted by atomic mass is 16.5. The van der Waals surface area contributed by atoms with E-state index in [9.17, 15) is 4.79 Å². The molecular formula is C14H17NO4. The van der Waals surface area contributed by atoms with Gasteiger partial charge in [0.25, 0.3) is 0 Å². The summed E-state index contributed by atoms with van der Waals surface area (Å²) < 4.78 is 11.0. The number of fused-ring (bicyclic) bond motifs is 1. The van der Waals surface area contributed by atoms with Crippen molar-refractivity contribution in [3.63, 3.8) is 0 Å². The largest absolute Gasteiger partial charge is 0.478 e. The van der Waals surface area contributed by atoms with Gasteiger partial charge < -0.3 is 14.3 Å². The highest BCUT2D eigenvalue weighted by Gasteiger charge is 2.29. The summed E-state index contributed by atoms with van der Waals surface area (Å²) in [5.41, 5.74) is 0.0599. The Morgan fingerprint density at radius 1 is 1.42 bits per heavy atom. The third-order valence-corrected chi connectivity index (χ3v) is 2.76. The summed E-state index contributed by atoms with van der Waals surface area (Å²) in [5, 5.41) is 9.03. The van der Waals surface area contributed by atoms with Gasteiger partial charge in [0.2, 0.25) is 0 Å². The first-order valence-electron chi connectivity index (χ1n) is 6.12. The lowest BCUT2D eigenvalue weighted by Gasteiger charge is -2.21. The standard InChI is InChI=1S/C14H17NO4/c1-8(2)12-15-10-7-9(5-6-11(10)18-12)19-14(3,4)13(16)17/h5-8H,1-4H3,(H,16,17). The number of hydrogen-bond donors (Lipinski definition) is 1. The topological polar surface area (TPSA) is 72.6 Å². The number of carboxylic acids is 1. The molecule has 1 aromatic carbocycles. The normalized spacial score (nSPS) is 12.1. The summed E-state index contributed by atoms with van der Waals surface area (Å²) in [6, 6.07) is 5.11. The molecule has 0 saturated carbocycles. The van der Waals surface area contributed by atoms with E-state index in [0.29, 0.717) is 22.7 Å². The van der Waals surface area contributed by atoms with Crippen molar-refractivity contribution >= 4 is 17.1 Å². The maximum atomic E-state index is 11.0. The van der Waals surface area contributed by atoms with E-state index in [1.807, 2.05) is 13.8 Å². The van der Waals surface area contributed by atoms with E-state index in [4.69, 9.17) is 14.3 Å². The smallest absolute Gasteiger partial charge is 0.347 e. The number of aromatic nitrogens is 1. The second-order valence-corrected chi connectivity index (χ2v) is 5.25. The van der Waals surface area contributed by atoms with E-state index in [-0.39, 0.29) is 5.92 Å². The monoisotopic (exact) mass is 263 g/mol. The fraction of sp³-hybridized carbons (Fsp3) is 0.429. The second kappa shape index (κ2) is 4.57. The van der Waals surface area contributed by atoms with Crippen LogP contribution in [0.25, 0.3) is 11.1 Å². The maximum Gasteiger partial charge on any atom is 0.347 e. The minimum absolute atomic E-state index is 0.201. The third-order valence-electron chi connectivity index (χ3n) is 2.76. The molecule has 0 fully saturated rings. The lowest BCUT2D eigenvalue weighted by Crippen LogP contribution is -2.37. The van der Waals surface area contributed by atoms with Crippen LogP contribution in [0.5, 0.6) is 5.75 Å². The lowest BCUT2D eigenvalue weighted by atomic mass is 10.1. The molecule has 5 heteroatoms. The van der Waals surface area contributed by atoms with Crippen molar-refractivity contribution in [3.8, 4) is 5.75 Å². The summed E-state index contributed by atoms with van der Waals surface area (Å²) in [6.07, 6.45) is 0. The van der Waals surface area contributed by atoms with Crippen LogP contribution in [-0.4, -0.2) is 21.7 Å². The Balaban J connectivity index is 2.34. The fourth-order valence-corrected chi connectivity index (χ4v) is 1.57. The van der Waals surface area contributed by atoms with Crippen molar-refractivity contribution in [1.29, 1.82) is 0 Å². The zero-order chi connectivity index (χ0) is 14.2. The fourth-order valence-electron chi connectivity index (χ4n) is 1.57. The molecule has 0 aliphatic rings. The van der Waals surface area contributed by atoms with E-state index in [1.54, 1.807) is 18.2 Å². The van der Waals surface area contributed by atoms with E-state index in [2.05, 4.69) is 4.98 Å². The second-order valence-electron chi connectivity index (χ2n) is 5.25. The van der Waals surface area contributed by atoms with Crippen molar-refractivity contribution in [2.75, 3.05) is 0 Å². The molecule has 0 unspecified atom stereocenters. The van der Waals surface area contributed by atoms with Crippen molar-refractivity contribution in [2.45, 2.75) is 39.2 Å². The number of carboxylic acid groups (broad SMARTS) is 1. The van der Waals surface area contributed by atoms with Gasteiger partial charge in [-0.3, -0.25) is 0 Å². The van der Waals surface area contributed by atoms with Gasteiger partial charge in [0.15, 0.2) is 17.1 Å². The maximum absolute atomic E-state index is 11.0. The van der Waals surface area contributed by atoms with Gasteiger partial charge in [-0.15, -0.1) is 0 Å². The Kier molecular flexibility index (Phi) is 3.22. The molecule has 0 radical (unpaired) electrons. The molecule has 0 amide bonds. The number of nitrogens with zero attached hydrogens (tertiary/aromatic N) is 1. The lowest BCUT2D eigenvalue weighted by molar-refractivity contribution is -0.152. The van der Waals surface area contributed by atoms with Crippen LogP contribution in [-0.2, 0) is 4.79 Å². The average molecular weight is 263 g/mol. The summed E-state index contributed by atoms with van der Waals surface area (Å²) in [6.45, 7) is 7.00. The van der Waals surface area contributed by atoms with Gasteiger partial charge in [-0.2, -0.15) is 0 Å². The number of oxazole rings is 1. The number of carbonyl (C=O) groups is 1. The van der Waals surface area contributed by atoms with Gasteiger partial charge in [-0.05, 0) is 26.0 Å². The van der Waals surface area contributed by atoms with Crippen molar-refractivity contribution in [3.05, 3.63) is 24.1 Å². The molecule has 5 nitrogen and oxygen atoms in total. The highest BCUT2D eigenvalue weighted by Crippen LogP contribution is 2.26. The van der Waals surface area contributed by atoms with E-state index >= 15 is 0 Å². The summed E-state index contributed by atoms with van der Waals surface area (Å²) in [7, 11) is 0. The van der Waals surface area contributed by atoms with Crippen LogP contribution in [0.4, 0.5) is 0 Å². The molecule has 1 heterocycles. The van der Waals surface area contributed by atoms with E-state index < -0.39 is 11.6 Å². The molecule has 0 aliphatic carbocycles. The zero-order valence-electron chi connectivity index (χ0n) is 11.4. The molecule has 1 N–H and O–H groups in total. The minimum Gasteiger partial charge on any atom is -0.478 e.